The molecule has 0 bridgehead atoms. The fraction of sp³-hybridized carbons (Fsp3) is 0.500. The molecule has 1 atom stereocenters. The summed E-state index contributed by atoms with van der Waals surface area (Å²) < 4.78 is 10.7. The van der Waals surface area contributed by atoms with Gasteiger partial charge in [0, 0.05) is 23.8 Å². The summed E-state index contributed by atoms with van der Waals surface area (Å²) in [7, 11) is 0. The summed E-state index contributed by atoms with van der Waals surface area (Å²) in [5.74, 6) is 0.397. The molecule has 0 aliphatic carbocycles. The van der Waals surface area contributed by atoms with E-state index < -0.39 is 11.5 Å². The molecule has 2 heterocycles. The predicted molar refractivity (Wildman–Crippen MR) is 69.7 cm³/mol. The van der Waals surface area contributed by atoms with Gasteiger partial charge < -0.3 is 19.5 Å². The Balaban J connectivity index is 1.93. The van der Waals surface area contributed by atoms with E-state index in [2.05, 4.69) is 4.90 Å². The van der Waals surface area contributed by atoms with Crippen molar-refractivity contribution < 1.29 is 19.4 Å². The van der Waals surface area contributed by atoms with Gasteiger partial charge in [-0.15, -0.1) is 0 Å². The highest BCUT2D eigenvalue weighted by Gasteiger charge is 2.45. The topological polar surface area (TPSA) is 59.0 Å². The maximum atomic E-state index is 11.3. The number of carboxylic acid groups (broad SMARTS) is 1. The molecule has 1 aromatic carbocycles. The lowest BCUT2D eigenvalue weighted by atomic mass is 9.88. The molecule has 0 aromatic heterocycles. The minimum atomic E-state index is -0.728. The number of anilines is 1. The van der Waals surface area contributed by atoms with E-state index in [-0.39, 0.29) is 12.7 Å². The second-order valence-electron chi connectivity index (χ2n) is 5.52. The zero-order chi connectivity index (χ0) is 13.6. The van der Waals surface area contributed by atoms with Gasteiger partial charge in [-0.05, 0) is 32.4 Å². The summed E-state index contributed by atoms with van der Waals surface area (Å²) in [6.45, 7) is 4.94. The second-order valence-corrected chi connectivity index (χ2v) is 5.52. The second kappa shape index (κ2) is 4.05. The molecule has 0 saturated carbocycles. The van der Waals surface area contributed by atoms with Crippen LogP contribution in [0, 0.1) is 5.92 Å². The molecule has 102 valence electrons. The first-order valence-corrected chi connectivity index (χ1v) is 6.40. The Kier molecular flexibility index (Phi) is 2.59. The van der Waals surface area contributed by atoms with Gasteiger partial charge in [0.2, 0.25) is 6.79 Å². The van der Waals surface area contributed by atoms with E-state index in [4.69, 9.17) is 9.47 Å². The molecule has 0 radical (unpaired) electrons. The van der Waals surface area contributed by atoms with Crippen LogP contribution in [-0.4, -0.2) is 30.0 Å². The highest BCUT2D eigenvalue weighted by atomic mass is 16.7. The fourth-order valence-electron chi connectivity index (χ4n) is 3.03. The first-order valence-electron chi connectivity index (χ1n) is 6.40. The molecular weight excluding hydrogens is 246 g/mol. The molecule has 1 unspecified atom stereocenters. The van der Waals surface area contributed by atoms with Gasteiger partial charge in [0.25, 0.3) is 0 Å². The minimum absolute atomic E-state index is 0.250. The van der Waals surface area contributed by atoms with Crippen LogP contribution in [0.15, 0.2) is 18.2 Å². The summed E-state index contributed by atoms with van der Waals surface area (Å²) in [5, 5.41) is 9.30. The average molecular weight is 263 g/mol. The summed E-state index contributed by atoms with van der Waals surface area (Å²) in [4.78, 5) is 13.4. The highest BCUT2D eigenvalue weighted by molar-refractivity contribution is 5.74. The molecule has 5 heteroatoms. The average Bonchev–Trinajstić information content (AvgIpc) is 2.91. The number of benzene rings is 1. The molecule has 1 N–H and O–H groups in total. The molecule has 2 aliphatic rings. The minimum Gasteiger partial charge on any atom is -0.481 e. The molecule has 5 nitrogen and oxygen atoms in total. The van der Waals surface area contributed by atoms with Gasteiger partial charge in [-0.1, -0.05) is 0 Å². The number of carboxylic acids is 1. The number of fused-ring (bicyclic) bond motifs is 1. The van der Waals surface area contributed by atoms with Crippen molar-refractivity contribution in [3.05, 3.63) is 18.2 Å². The van der Waals surface area contributed by atoms with Gasteiger partial charge in [-0.2, -0.15) is 0 Å². The van der Waals surface area contributed by atoms with Crippen LogP contribution in [0.3, 0.4) is 0 Å². The zero-order valence-electron chi connectivity index (χ0n) is 11.0. The third kappa shape index (κ3) is 1.80. The van der Waals surface area contributed by atoms with Crippen molar-refractivity contribution in [3.63, 3.8) is 0 Å². The van der Waals surface area contributed by atoms with Crippen molar-refractivity contribution in [3.8, 4) is 11.5 Å². The Morgan fingerprint density at radius 3 is 2.79 bits per heavy atom. The number of rotatable bonds is 2. The fourth-order valence-corrected chi connectivity index (χ4v) is 3.03. The molecule has 1 fully saturated rings. The third-order valence-corrected chi connectivity index (χ3v) is 4.16. The predicted octanol–water partition coefficient (Wildman–Crippen LogP) is 2.10. The summed E-state index contributed by atoms with van der Waals surface area (Å²) in [5.41, 5.74) is 0.581. The third-order valence-electron chi connectivity index (χ3n) is 4.16. The van der Waals surface area contributed by atoms with E-state index in [9.17, 15) is 9.90 Å². The summed E-state index contributed by atoms with van der Waals surface area (Å²) in [6, 6.07) is 5.76. The van der Waals surface area contributed by atoms with Crippen LogP contribution < -0.4 is 14.4 Å². The van der Waals surface area contributed by atoms with Crippen molar-refractivity contribution in [1.82, 2.24) is 0 Å². The number of hydrogen-bond acceptors (Lipinski definition) is 4. The molecule has 2 aliphatic heterocycles. The number of ether oxygens (including phenoxy) is 2. The maximum absolute atomic E-state index is 11.3. The Morgan fingerprint density at radius 1 is 1.37 bits per heavy atom. The molecule has 3 rings (SSSR count). The monoisotopic (exact) mass is 263 g/mol. The van der Waals surface area contributed by atoms with Gasteiger partial charge >= 0.3 is 5.97 Å². The molecular formula is C14H17NO4. The maximum Gasteiger partial charge on any atom is 0.308 e. The van der Waals surface area contributed by atoms with Gasteiger partial charge in [0.1, 0.15) is 0 Å². The summed E-state index contributed by atoms with van der Waals surface area (Å²) in [6.07, 6.45) is 0.663. The number of nitrogens with zero attached hydrogens (tertiary/aromatic N) is 1. The molecule has 1 saturated heterocycles. The van der Waals surface area contributed by atoms with E-state index in [1.54, 1.807) is 0 Å². The zero-order valence-corrected chi connectivity index (χ0v) is 11.0. The van der Waals surface area contributed by atoms with Crippen molar-refractivity contribution >= 4 is 11.7 Å². The first-order chi connectivity index (χ1) is 9.00. The van der Waals surface area contributed by atoms with Crippen LogP contribution in [0.4, 0.5) is 5.69 Å². The highest BCUT2D eigenvalue weighted by Crippen LogP contribution is 2.42. The Labute approximate surface area is 111 Å². The van der Waals surface area contributed by atoms with Crippen LogP contribution in [-0.2, 0) is 4.79 Å². The molecule has 1 aromatic rings. The van der Waals surface area contributed by atoms with Gasteiger partial charge in [-0.25, -0.2) is 0 Å². The van der Waals surface area contributed by atoms with Crippen molar-refractivity contribution in [2.75, 3.05) is 18.2 Å². The molecule has 0 spiro atoms. The first kappa shape index (κ1) is 12.1. The van der Waals surface area contributed by atoms with Crippen molar-refractivity contribution in [2.24, 2.45) is 5.92 Å². The lowest BCUT2D eigenvalue weighted by Crippen LogP contribution is -2.45. The molecule has 19 heavy (non-hydrogen) atoms. The van der Waals surface area contributed by atoms with Crippen molar-refractivity contribution in [1.29, 1.82) is 0 Å². The number of hydrogen-bond donors (Lipinski definition) is 1. The largest absolute Gasteiger partial charge is 0.481 e. The van der Waals surface area contributed by atoms with Crippen molar-refractivity contribution in [2.45, 2.75) is 25.8 Å². The quantitative estimate of drug-likeness (QED) is 0.885. The standard InChI is InChI=1S/C14H17NO4/c1-14(2)10(13(16)17)5-6-15(14)9-3-4-11-12(7-9)19-8-18-11/h3-4,7,10H,5-6,8H2,1-2H3,(H,16,17). The molecule has 0 amide bonds. The van der Waals surface area contributed by atoms with Crippen LogP contribution >= 0.6 is 0 Å². The normalized spacial score (nSPS) is 23.7. The van der Waals surface area contributed by atoms with Crippen LogP contribution in [0.25, 0.3) is 0 Å². The summed E-state index contributed by atoms with van der Waals surface area (Å²) >= 11 is 0. The van der Waals surface area contributed by atoms with E-state index in [1.807, 2.05) is 32.0 Å². The van der Waals surface area contributed by atoms with E-state index in [0.29, 0.717) is 6.42 Å². The Morgan fingerprint density at radius 2 is 2.11 bits per heavy atom. The van der Waals surface area contributed by atoms with E-state index in [1.165, 1.54) is 0 Å². The van der Waals surface area contributed by atoms with Gasteiger partial charge in [0.15, 0.2) is 11.5 Å². The van der Waals surface area contributed by atoms with Gasteiger partial charge in [0.05, 0.1) is 5.92 Å². The SMILES string of the molecule is CC1(C)C(C(=O)O)CCN1c1ccc2c(c1)OCO2. The lowest BCUT2D eigenvalue weighted by molar-refractivity contribution is -0.142. The number of carbonyl (C=O) groups is 1. The number of aliphatic carboxylic acids is 1. The van der Waals surface area contributed by atoms with E-state index >= 15 is 0 Å². The Hall–Kier alpha value is -1.91. The van der Waals surface area contributed by atoms with Crippen LogP contribution in [0.1, 0.15) is 20.3 Å². The Bertz CT molecular complexity index is 526. The smallest absolute Gasteiger partial charge is 0.308 e. The van der Waals surface area contributed by atoms with Crippen LogP contribution in [0.2, 0.25) is 0 Å². The lowest BCUT2D eigenvalue weighted by Gasteiger charge is -2.36. The van der Waals surface area contributed by atoms with E-state index in [0.717, 1.165) is 23.7 Å². The van der Waals surface area contributed by atoms with Crippen LogP contribution in [0.5, 0.6) is 11.5 Å². The van der Waals surface area contributed by atoms with Gasteiger partial charge in [-0.3, -0.25) is 4.79 Å².